The van der Waals surface area contributed by atoms with Crippen LogP contribution in [0.25, 0.3) is 0 Å². The summed E-state index contributed by atoms with van der Waals surface area (Å²) in [6.45, 7) is 5.19. The number of ether oxygens (including phenoxy) is 1. The Kier molecular flexibility index (Phi) is 6.89. The maximum atomic E-state index is 12.8. The van der Waals surface area contributed by atoms with Crippen molar-refractivity contribution >= 4 is 27.6 Å². The summed E-state index contributed by atoms with van der Waals surface area (Å²) in [6, 6.07) is 12.3. The van der Waals surface area contributed by atoms with E-state index >= 15 is 0 Å². The lowest BCUT2D eigenvalue weighted by molar-refractivity contribution is 0.0526. The van der Waals surface area contributed by atoms with Gasteiger partial charge in [0, 0.05) is 24.3 Å². The summed E-state index contributed by atoms with van der Waals surface area (Å²) >= 11 is 0. The van der Waals surface area contributed by atoms with Crippen LogP contribution < -0.4 is 5.32 Å². The third kappa shape index (κ3) is 5.06. The van der Waals surface area contributed by atoms with Gasteiger partial charge >= 0.3 is 5.97 Å². The first-order valence-electron chi connectivity index (χ1n) is 10.00. The van der Waals surface area contributed by atoms with Crippen LogP contribution in [0.3, 0.4) is 0 Å². The number of hydrogen-bond donors (Lipinski definition) is 1. The fourth-order valence-electron chi connectivity index (χ4n) is 3.26. The number of carbonyl (C=O) groups is 2. The molecular formula is C22H26N2O5S. The normalized spacial score (nSPS) is 15.5. The lowest BCUT2D eigenvalue weighted by Crippen LogP contribution is -2.37. The van der Waals surface area contributed by atoms with Crippen molar-refractivity contribution in [3.05, 3.63) is 59.7 Å². The van der Waals surface area contributed by atoms with Crippen LogP contribution in [0.1, 0.15) is 47.4 Å². The Morgan fingerprint density at radius 1 is 1.00 bits per heavy atom. The highest BCUT2D eigenvalue weighted by atomic mass is 32.2. The molecule has 1 aliphatic rings. The molecule has 0 atom stereocenters. The molecule has 1 saturated heterocycles. The first-order chi connectivity index (χ1) is 14.3. The largest absolute Gasteiger partial charge is 0.462 e. The minimum Gasteiger partial charge on any atom is -0.462 e. The van der Waals surface area contributed by atoms with Crippen LogP contribution in [0.5, 0.6) is 0 Å². The van der Waals surface area contributed by atoms with Gasteiger partial charge in [-0.3, -0.25) is 4.79 Å². The van der Waals surface area contributed by atoms with Gasteiger partial charge in [-0.2, -0.15) is 4.31 Å². The Labute approximate surface area is 177 Å². The van der Waals surface area contributed by atoms with E-state index < -0.39 is 16.0 Å². The lowest BCUT2D eigenvalue weighted by Gasteiger charge is -2.29. The third-order valence-electron chi connectivity index (χ3n) is 5.15. The third-order valence-corrected chi connectivity index (χ3v) is 7.06. The van der Waals surface area contributed by atoms with Crippen molar-refractivity contribution in [2.24, 2.45) is 5.92 Å². The van der Waals surface area contributed by atoms with Crippen molar-refractivity contribution < 1.29 is 22.7 Å². The minimum atomic E-state index is -3.55. The molecule has 0 aromatic heterocycles. The zero-order valence-corrected chi connectivity index (χ0v) is 17.9. The molecule has 0 unspecified atom stereocenters. The van der Waals surface area contributed by atoms with E-state index in [0.717, 1.165) is 12.8 Å². The van der Waals surface area contributed by atoms with E-state index in [1.807, 2.05) is 0 Å². The number of amides is 1. The fourth-order valence-corrected chi connectivity index (χ4v) is 4.73. The van der Waals surface area contributed by atoms with Gasteiger partial charge < -0.3 is 10.1 Å². The second kappa shape index (κ2) is 9.40. The maximum absolute atomic E-state index is 12.8. The number of nitrogens with zero attached hydrogens (tertiary/aromatic N) is 1. The topological polar surface area (TPSA) is 92.8 Å². The van der Waals surface area contributed by atoms with Gasteiger partial charge in [0.25, 0.3) is 5.91 Å². The molecule has 160 valence electrons. The van der Waals surface area contributed by atoms with Crippen LogP contribution in [0, 0.1) is 5.92 Å². The molecular weight excluding hydrogens is 404 g/mol. The Bertz CT molecular complexity index is 993. The zero-order chi connectivity index (χ0) is 21.7. The molecule has 3 rings (SSSR count). The van der Waals surface area contributed by atoms with Crippen molar-refractivity contribution in [3.63, 3.8) is 0 Å². The molecule has 1 amide bonds. The van der Waals surface area contributed by atoms with Crippen molar-refractivity contribution in [1.29, 1.82) is 0 Å². The Balaban J connectivity index is 1.66. The zero-order valence-electron chi connectivity index (χ0n) is 17.1. The molecule has 8 heteroatoms. The number of nitrogens with one attached hydrogen (secondary N) is 1. The second-order valence-corrected chi connectivity index (χ2v) is 9.30. The summed E-state index contributed by atoms with van der Waals surface area (Å²) < 4.78 is 32.0. The SMILES string of the molecule is CCOC(=O)c1ccc(NC(=O)c2ccc(S(=O)(=O)N3CCC(C)CC3)cc2)cc1. The van der Waals surface area contributed by atoms with E-state index in [1.165, 1.54) is 28.6 Å². The lowest BCUT2D eigenvalue weighted by atomic mass is 10.0. The average molecular weight is 431 g/mol. The summed E-state index contributed by atoms with van der Waals surface area (Å²) in [5, 5.41) is 2.73. The number of rotatable bonds is 6. The molecule has 0 saturated carbocycles. The van der Waals surface area contributed by atoms with Gasteiger partial charge in [-0.05, 0) is 74.2 Å². The number of esters is 1. The standard InChI is InChI=1S/C22H26N2O5S/c1-3-29-22(26)18-4-8-19(9-5-18)23-21(25)17-6-10-20(11-7-17)30(27,28)24-14-12-16(2)13-15-24/h4-11,16H,3,12-15H2,1-2H3,(H,23,25). The van der Waals surface area contributed by atoms with E-state index in [9.17, 15) is 18.0 Å². The first kappa shape index (κ1) is 22.0. The monoisotopic (exact) mass is 430 g/mol. The van der Waals surface area contributed by atoms with Gasteiger partial charge in [0.1, 0.15) is 0 Å². The van der Waals surface area contributed by atoms with Crippen molar-refractivity contribution in [2.75, 3.05) is 25.0 Å². The molecule has 0 aliphatic carbocycles. The minimum absolute atomic E-state index is 0.187. The Hall–Kier alpha value is -2.71. The predicted molar refractivity (Wildman–Crippen MR) is 114 cm³/mol. The highest BCUT2D eigenvalue weighted by Gasteiger charge is 2.28. The second-order valence-electron chi connectivity index (χ2n) is 7.36. The predicted octanol–water partition coefficient (Wildman–Crippen LogP) is 3.54. The van der Waals surface area contributed by atoms with Crippen LogP contribution in [0.4, 0.5) is 5.69 Å². The number of piperidine rings is 1. The molecule has 1 heterocycles. The number of anilines is 1. The molecule has 0 bridgehead atoms. The molecule has 1 fully saturated rings. The molecule has 1 N–H and O–H groups in total. The van der Waals surface area contributed by atoms with Crippen LogP contribution in [-0.4, -0.2) is 44.3 Å². The van der Waals surface area contributed by atoms with Gasteiger partial charge in [-0.1, -0.05) is 6.92 Å². The first-order valence-corrected chi connectivity index (χ1v) is 11.4. The van der Waals surface area contributed by atoms with E-state index in [0.29, 0.717) is 42.4 Å². The molecule has 2 aromatic rings. The number of benzene rings is 2. The Morgan fingerprint density at radius 3 is 2.13 bits per heavy atom. The van der Waals surface area contributed by atoms with Gasteiger partial charge in [-0.25, -0.2) is 13.2 Å². The summed E-state index contributed by atoms with van der Waals surface area (Å²) in [6.07, 6.45) is 1.71. The summed E-state index contributed by atoms with van der Waals surface area (Å²) in [5.74, 6) is -0.251. The fraction of sp³-hybridized carbons (Fsp3) is 0.364. The molecule has 0 radical (unpaired) electrons. The summed E-state index contributed by atoms with van der Waals surface area (Å²) in [5.41, 5.74) is 1.26. The van der Waals surface area contributed by atoms with Crippen LogP contribution in [0.2, 0.25) is 0 Å². The highest BCUT2D eigenvalue weighted by Crippen LogP contribution is 2.24. The van der Waals surface area contributed by atoms with E-state index in [1.54, 1.807) is 31.2 Å². The summed E-state index contributed by atoms with van der Waals surface area (Å²) in [4.78, 5) is 24.3. The quantitative estimate of drug-likeness (QED) is 0.708. The van der Waals surface area contributed by atoms with E-state index in [-0.39, 0.29) is 10.8 Å². The Morgan fingerprint density at radius 2 is 1.57 bits per heavy atom. The van der Waals surface area contributed by atoms with Gasteiger partial charge in [0.05, 0.1) is 17.1 Å². The molecule has 0 spiro atoms. The molecule has 7 nitrogen and oxygen atoms in total. The van der Waals surface area contributed by atoms with Crippen LogP contribution in [-0.2, 0) is 14.8 Å². The van der Waals surface area contributed by atoms with Gasteiger partial charge in [0.15, 0.2) is 0 Å². The average Bonchev–Trinajstić information content (AvgIpc) is 2.75. The summed E-state index contributed by atoms with van der Waals surface area (Å²) in [7, 11) is -3.55. The van der Waals surface area contributed by atoms with Crippen molar-refractivity contribution in [3.8, 4) is 0 Å². The van der Waals surface area contributed by atoms with Crippen LogP contribution in [0.15, 0.2) is 53.4 Å². The van der Waals surface area contributed by atoms with Crippen molar-refractivity contribution in [2.45, 2.75) is 31.6 Å². The van der Waals surface area contributed by atoms with E-state index in [2.05, 4.69) is 12.2 Å². The maximum Gasteiger partial charge on any atom is 0.338 e. The highest BCUT2D eigenvalue weighted by molar-refractivity contribution is 7.89. The number of sulfonamides is 1. The number of carbonyl (C=O) groups excluding carboxylic acids is 2. The molecule has 2 aromatic carbocycles. The van der Waals surface area contributed by atoms with Crippen LogP contribution >= 0.6 is 0 Å². The van der Waals surface area contributed by atoms with E-state index in [4.69, 9.17) is 4.74 Å². The van der Waals surface area contributed by atoms with Gasteiger partial charge in [-0.15, -0.1) is 0 Å². The molecule has 30 heavy (non-hydrogen) atoms. The molecule has 1 aliphatic heterocycles. The smallest absolute Gasteiger partial charge is 0.338 e. The van der Waals surface area contributed by atoms with Gasteiger partial charge in [0.2, 0.25) is 10.0 Å². The van der Waals surface area contributed by atoms with Crippen molar-refractivity contribution in [1.82, 2.24) is 4.31 Å². The number of hydrogen-bond acceptors (Lipinski definition) is 5.